The van der Waals surface area contributed by atoms with Gasteiger partial charge in [0.2, 0.25) is 0 Å². The van der Waals surface area contributed by atoms with Crippen molar-refractivity contribution in [2.24, 2.45) is 11.7 Å². The van der Waals surface area contributed by atoms with Crippen LogP contribution in [0.5, 0.6) is 0 Å². The van der Waals surface area contributed by atoms with Crippen LogP contribution in [0.2, 0.25) is 5.02 Å². The number of piperidine rings is 1. The highest BCUT2D eigenvalue weighted by molar-refractivity contribution is 6.31. The number of benzene rings is 2. The van der Waals surface area contributed by atoms with E-state index in [4.69, 9.17) is 22.1 Å². The average Bonchev–Trinajstić information content (AvgIpc) is 2.73. The van der Waals surface area contributed by atoms with Crippen LogP contribution in [-0.4, -0.2) is 36.4 Å². The topological polar surface area (TPSA) is 72.6 Å². The quantitative estimate of drug-likeness (QED) is 0.610. The van der Waals surface area contributed by atoms with Crippen molar-refractivity contribution in [3.8, 4) is 0 Å². The predicted octanol–water partition coefficient (Wildman–Crippen LogP) is 5.37. The van der Waals surface area contributed by atoms with Gasteiger partial charge in [-0.15, -0.1) is 0 Å². The Morgan fingerprint density at radius 2 is 1.71 bits per heavy atom. The van der Waals surface area contributed by atoms with Gasteiger partial charge in [0.1, 0.15) is 6.10 Å². The molecule has 1 atom stereocenters. The van der Waals surface area contributed by atoms with E-state index in [0.29, 0.717) is 11.6 Å². The number of ether oxygens (including phenoxy) is 1. The summed E-state index contributed by atoms with van der Waals surface area (Å²) in [6.45, 7) is 8.49. The second-order valence-electron chi connectivity index (χ2n) is 9.21. The summed E-state index contributed by atoms with van der Waals surface area (Å²) in [6, 6.07) is 15.3. The molecule has 1 aliphatic rings. The second kappa shape index (κ2) is 9.84. The Morgan fingerprint density at radius 1 is 1.10 bits per heavy atom. The fourth-order valence-electron chi connectivity index (χ4n) is 4.06. The van der Waals surface area contributed by atoms with Gasteiger partial charge in [-0.1, -0.05) is 74.8 Å². The van der Waals surface area contributed by atoms with Gasteiger partial charge in [0, 0.05) is 28.6 Å². The van der Waals surface area contributed by atoms with Crippen LogP contribution in [0.4, 0.5) is 4.79 Å². The number of nitrogens with two attached hydrogens (primary N) is 1. The summed E-state index contributed by atoms with van der Waals surface area (Å²) in [6.07, 6.45) is 0.175. The molecule has 1 unspecified atom stereocenters. The van der Waals surface area contributed by atoms with Gasteiger partial charge >= 0.3 is 6.09 Å². The molecule has 5 nitrogen and oxygen atoms in total. The normalized spacial score (nSPS) is 16.6. The minimum atomic E-state index is -0.825. The number of amides is 1. The summed E-state index contributed by atoms with van der Waals surface area (Å²) in [5.41, 5.74) is 8.08. The summed E-state index contributed by atoms with van der Waals surface area (Å²) < 4.78 is 5.35. The highest BCUT2D eigenvalue weighted by Crippen LogP contribution is 2.29. The molecule has 0 radical (unpaired) electrons. The van der Waals surface area contributed by atoms with Crippen LogP contribution >= 0.6 is 11.6 Å². The lowest BCUT2D eigenvalue weighted by Crippen LogP contribution is -2.39. The van der Waals surface area contributed by atoms with Crippen molar-refractivity contribution in [3.05, 3.63) is 70.2 Å². The molecule has 2 N–H and O–H groups in total. The molecule has 1 fully saturated rings. The Balaban J connectivity index is 1.61. The number of hydrogen-bond donors (Lipinski definition) is 1. The minimum absolute atomic E-state index is 0.00700. The summed E-state index contributed by atoms with van der Waals surface area (Å²) in [4.78, 5) is 26.6. The number of ketones is 1. The van der Waals surface area contributed by atoms with E-state index in [9.17, 15) is 9.59 Å². The molecule has 2 aromatic rings. The first-order valence-corrected chi connectivity index (χ1v) is 11.1. The Bertz CT molecular complexity index is 913. The van der Waals surface area contributed by atoms with Gasteiger partial charge in [-0.05, 0) is 43.0 Å². The van der Waals surface area contributed by atoms with Crippen LogP contribution in [0.25, 0.3) is 0 Å². The maximum atomic E-state index is 13.0. The Hall–Kier alpha value is -2.37. The zero-order valence-corrected chi connectivity index (χ0v) is 19.2. The van der Waals surface area contributed by atoms with Gasteiger partial charge in [-0.3, -0.25) is 9.69 Å². The van der Waals surface area contributed by atoms with Crippen molar-refractivity contribution >= 4 is 23.5 Å². The average molecular weight is 443 g/mol. The van der Waals surface area contributed by atoms with Crippen LogP contribution in [0.1, 0.15) is 61.2 Å². The molecule has 1 amide bonds. The van der Waals surface area contributed by atoms with Crippen LogP contribution in [0.3, 0.4) is 0 Å². The Labute approximate surface area is 189 Å². The number of hydrogen-bond acceptors (Lipinski definition) is 4. The van der Waals surface area contributed by atoms with Gasteiger partial charge in [-0.2, -0.15) is 0 Å². The third-order valence-electron chi connectivity index (χ3n) is 5.93. The molecule has 3 rings (SSSR count). The Morgan fingerprint density at radius 3 is 2.26 bits per heavy atom. The third kappa shape index (κ3) is 6.08. The van der Waals surface area contributed by atoms with E-state index in [1.165, 1.54) is 5.56 Å². The van der Waals surface area contributed by atoms with Crippen molar-refractivity contribution in [1.82, 2.24) is 4.90 Å². The van der Waals surface area contributed by atoms with Gasteiger partial charge in [-0.25, -0.2) is 4.79 Å². The van der Waals surface area contributed by atoms with Crippen molar-refractivity contribution in [2.75, 3.05) is 19.6 Å². The maximum absolute atomic E-state index is 13.0. The first-order valence-electron chi connectivity index (χ1n) is 10.7. The fraction of sp³-hybridized carbons (Fsp3) is 0.440. The number of primary amides is 1. The first kappa shape index (κ1) is 23.3. The van der Waals surface area contributed by atoms with E-state index in [1.807, 2.05) is 30.3 Å². The fourth-order valence-corrected chi connectivity index (χ4v) is 4.32. The standard InChI is InChI=1S/C25H31ClN2O3/c1-25(2,3)19-10-8-17(9-11-19)23(29)18-12-14-28(15-13-18)16-22(31-24(27)30)20-6-4-5-7-21(20)26/h4-11,18,22H,12-16H2,1-3H3,(H2,27,30). The van der Waals surface area contributed by atoms with Gasteiger partial charge < -0.3 is 10.5 Å². The van der Waals surface area contributed by atoms with E-state index in [-0.39, 0.29) is 17.1 Å². The van der Waals surface area contributed by atoms with E-state index in [2.05, 4.69) is 37.8 Å². The van der Waals surface area contributed by atoms with Crippen molar-refractivity contribution in [3.63, 3.8) is 0 Å². The van der Waals surface area contributed by atoms with E-state index < -0.39 is 12.2 Å². The van der Waals surface area contributed by atoms with Gasteiger partial charge in [0.25, 0.3) is 0 Å². The molecular formula is C25H31ClN2O3. The lowest BCUT2D eigenvalue weighted by molar-refractivity contribution is 0.0598. The van der Waals surface area contributed by atoms with E-state index in [1.54, 1.807) is 6.07 Å². The maximum Gasteiger partial charge on any atom is 0.405 e. The highest BCUT2D eigenvalue weighted by Gasteiger charge is 2.29. The monoisotopic (exact) mass is 442 g/mol. The third-order valence-corrected chi connectivity index (χ3v) is 6.27. The van der Waals surface area contributed by atoms with Gasteiger partial charge in [0.05, 0.1) is 0 Å². The molecule has 6 heteroatoms. The number of halogens is 1. The summed E-state index contributed by atoms with van der Waals surface area (Å²) >= 11 is 6.30. The minimum Gasteiger partial charge on any atom is -0.440 e. The number of carbonyl (C=O) groups excluding carboxylic acids is 2. The SMILES string of the molecule is CC(C)(C)c1ccc(C(=O)C2CCN(CC(OC(N)=O)c3ccccc3Cl)CC2)cc1. The summed E-state index contributed by atoms with van der Waals surface area (Å²) in [5, 5.41) is 0.539. The predicted molar refractivity (Wildman–Crippen MR) is 123 cm³/mol. The largest absolute Gasteiger partial charge is 0.440 e. The Kier molecular flexibility index (Phi) is 7.39. The molecule has 1 heterocycles. The zero-order valence-electron chi connectivity index (χ0n) is 18.4. The van der Waals surface area contributed by atoms with Crippen molar-refractivity contribution < 1.29 is 14.3 Å². The van der Waals surface area contributed by atoms with Gasteiger partial charge in [0.15, 0.2) is 5.78 Å². The molecule has 31 heavy (non-hydrogen) atoms. The zero-order chi connectivity index (χ0) is 22.6. The van der Waals surface area contributed by atoms with E-state index >= 15 is 0 Å². The number of likely N-dealkylation sites (tertiary alicyclic amines) is 1. The molecule has 0 bridgehead atoms. The van der Waals surface area contributed by atoms with E-state index in [0.717, 1.165) is 37.1 Å². The molecule has 0 aliphatic carbocycles. The first-order chi connectivity index (χ1) is 14.6. The van der Waals surface area contributed by atoms with Crippen molar-refractivity contribution in [1.29, 1.82) is 0 Å². The molecule has 0 aromatic heterocycles. The lowest BCUT2D eigenvalue weighted by atomic mass is 9.84. The molecule has 1 aliphatic heterocycles. The number of nitrogens with zero attached hydrogens (tertiary/aromatic N) is 1. The number of Topliss-reactive ketones (excluding diaryl/α,β-unsaturated/α-hetero) is 1. The van der Waals surface area contributed by atoms with Crippen LogP contribution in [0, 0.1) is 5.92 Å². The molecule has 1 saturated heterocycles. The number of carbonyl (C=O) groups is 2. The number of rotatable bonds is 6. The van der Waals surface area contributed by atoms with Crippen LogP contribution in [0.15, 0.2) is 48.5 Å². The molecule has 0 spiro atoms. The smallest absolute Gasteiger partial charge is 0.405 e. The molecule has 2 aromatic carbocycles. The lowest BCUT2D eigenvalue weighted by Gasteiger charge is -2.33. The second-order valence-corrected chi connectivity index (χ2v) is 9.62. The summed E-state index contributed by atoms with van der Waals surface area (Å²) in [5.74, 6) is 0.212. The van der Waals surface area contributed by atoms with Crippen LogP contribution in [-0.2, 0) is 10.2 Å². The highest BCUT2D eigenvalue weighted by atomic mass is 35.5. The molecule has 166 valence electrons. The summed E-state index contributed by atoms with van der Waals surface area (Å²) in [7, 11) is 0. The van der Waals surface area contributed by atoms with Crippen molar-refractivity contribution in [2.45, 2.75) is 45.1 Å². The van der Waals surface area contributed by atoms with Crippen LogP contribution < -0.4 is 5.73 Å². The molecule has 0 saturated carbocycles. The molecular weight excluding hydrogens is 412 g/mol.